The van der Waals surface area contributed by atoms with Gasteiger partial charge in [-0.3, -0.25) is 4.79 Å². The molecule has 0 spiro atoms. The van der Waals surface area contributed by atoms with Crippen molar-refractivity contribution in [3.05, 3.63) is 23.8 Å². The fourth-order valence-electron chi connectivity index (χ4n) is 2.15. The number of benzene rings is 1. The van der Waals surface area contributed by atoms with E-state index < -0.39 is 0 Å². The average molecular weight is 278 g/mol. The molecule has 1 atom stereocenters. The summed E-state index contributed by atoms with van der Waals surface area (Å²) in [6, 6.07) is 5.55. The van der Waals surface area contributed by atoms with E-state index >= 15 is 0 Å². The van der Waals surface area contributed by atoms with Gasteiger partial charge in [0.15, 0.2) is 0 Å². The van der Waals surface area contributed by atoms with Gasteiger partial charge in [0, 0.05) is 25.2 Å². The van der Waals surface area contributed by atoms with Crippen LogP contribution in [-0.4, -0.2) is 43.5 Å². The minimum absolute atomic E-state index is 0.107. The molecule has 112 valence electrons. The molecule has 1 aromatic carbocycles. The highest BCUT2D eigenvalue weighted by Gasteiger charge is 2.11. The minimum Gasteiger partial charge on any atom is -0.397 e. The van der Waals surface area contributed by atoms with Crippen LogP contribution in [0.1, 0.15) is 31.1 Å². The number of hydrogen-bond donors (Lipinski definition) is 3. The first kappa shape index (κ1) is 16.3. The Kier molecular flexibility index (Phi) is 6.31. The molecule has 1 unspecified atom stereocenters. The van der Waals surface area contributed by atoms with E-state index in [1.807, 2.05) is 0 Å². The third-order valence-electron chi connectivity index (χ3n) is 3.37. The van der Waals surface area contributed by atoms with E-state index in [0.717, 1.165) is 25.3 Å². The van der Waals surface area contributed by atoms with E-state index in [1.54, 1.807) is 25.2 Å². The van der Waals surface area contributed by atoms with Crippen molar-refractivity contribution in [2.24, 2.45) is 0 Å². The molecule has 1 amide bonds. The zero-order chi connectivity index (χ0) is 15.1. The van der Waals surface area contributed by atoms with Gasteiger partial charge in [-0.2, -0.15) is 0 Å². The molecule has 0 saturated carbocycles. The van der Waals surface area contributed by atoms with Gasteiger partial charge >= 0.3 is 0 Å². The number of hydrogen-bond acceptors (Lipinski definition) is 4. The second-order valence-electron chi connectivity index (χ2n) is 4.91. The first-order valence-electron chi connectivity index (χ1n) is 7.12. The lowest BCUT2D eigenvalue weighted by Crippen LogP contribution is -2.35. The average Bonchev–Trinajstić information content (AvgIpc) is 2.46. The summed E-state index contributed by atoms with van der Waals surface area (Å²) in [5, 5.41) is 6.00. The second kappa shape index (κ2) is 7.75. The number of anilines is 2. The van der Waals surface area contributed by atoms with Crippen LogP contribution in [0.3, 0.4) is 0 Å². The van der Waals surface area contributed by atoms with Crippen molar-refractivity contribution < 1.29 is 4.79 Å². The molecule has 0 radical (unpaired) electrons. The molecule has 0 saturated heterocycles. The summed E-state index contributed by atoms with van der Waals surface area (Å²) in [6.07, 6.45) is 0. The number of nitrogens with two attached hydrogens (primary N) is 1. The number of nitrogen functional groups attached to an aromatic ring is 1. The van der Waals surface area contributed by atoms with Crippen LogP contribution in [0.25, 0.3) is 0 Å². The topological polar surface area (TPSA) is 70.4 Å². The number of nitrogens with one attached hydrogen (secondary N) is 2. The zero-order valence-corrected chi connectivity index (χ0v) is 12.9. The molecule has 1 aromatic rings. The normalized spacial score (nSPS) is 12.2. The summed E-state index contributed by atoms with van der Waals surface area (Å²) >= 11 is 0. The highest BCUT2D eigenvalue weighted by molar-refractivity contribution is 5.96. The summed E-state index contributed by atoms with van der Waals surface area (Å²) in [6.45, 7) is 9.40. The lowest BCUT2D eigenvalue weighted by atomic mass is 10.1. The zero-order valence-electron chi connectivity index (χ0n) is 12.9. The number of carbonyl (C=O) groups is 1. The molecule has 0 bridgehead atoms. The second-order valence-corrected chi connectivity index (χ2v) is 4.91. The van der Waals surface area contributed by atoms with E-state index in [2.05, 4.69) is 36.3 Å². The Bertz CT molecular complexity index is 443. The Morgan fingerprint density at radius 1 is 1.35 bits per heavy atom. The summed E-state index contributed by atoms with van der Waals surface area (Å²) in [7, 11) is 1.62. The fraction of sp³-hybridized carbons (Fsp3) is 0.533. The quantitative estimate of drug-likeness (QED) is 0.665. The van der Waals surface area contributed by atoms with Crippen LogP contribution < -0.4 is 16.4 Å². The van der Waals surface area contributed by atoms with Crippen LogP contribution in [-0.2, 0) is 0 Å². The highest BCUT2D eigenvalue weighted by Crippen LogP contribution is 2.21. The van der Waals surface area contributed by atoms with E-state index in [9.17, 15) is 4.79 Å². The van der Waals surface area contributed by atoms with Gasteiger partial charge in [-0.05, 0) is 38.2 Å². The molecule has 0 aliphatic heterocycles. The van der Waals surface area contributed by atoms with Crippen molar-refractivity contribution in [2.45, 2.75) is 26.8 Å². The van der Waals surface area contributed by atoms with Gasteiger partial charge in [0.25, 0.3) is 5.91 Å². The summed E-state index contributed by atoms with van der Waals surface area (Å²) in [4.78, 5) is 14.0. The van der Waals surface area contributed by atoms with Gasteiger partial charge in [0.2, 0.25) is 0 Å². The van der Waals surface area contributed by atoms with E-state index in [-0.39, 0.29) is 11.9 Å². The number of rotatable bonds is 7. The molecule has 0 aliphatic rings. The monoisotopic (exact) mass is 278 g/mol. The number of carbonyl (C=O) groups excluding carboxylic acids is 1. The maximum absolute atomic E-state index is 11.6. The molecule has 0 heterocycles. The molecule has 0 aromatic heterocycles. The number of amides is 1. The maximum Gasteiger partial charge on any atom is 0.251 e. The number of likely N-dealkylation sites (N-methyl/N-ethyl adjacent to an activating group) is 1. The van der Waals surface area contributed by atoms with Crippen LogP contribution in [0.5, 0.6) is 0 Å². The first-order valence-corrected chi connectivity index (χ1v) is 7.12. The van der Waals surface area contributed by atoms with Crippen LogP contribution in [0, 0.1) is 0 Å². The van der Waals surface area contributed by atoms with Gasteiger partial charge in [-0.15, -0.1) is 0 Å². The highest BCUT2D eigenvalue weighted by atomic mass is 16.1. The predicted octanol–water partition coefficient (Wildman–Crippen LogP) is 1.77. The predicted molar refractivity (Wildman–Crippen MR) is 85.1 cm³/mol. The molecule has 5 nitrogen and oxygen atoms in total. The molecule has 4 N–H and O–H groups in total. The lowest BCUT2D eigenvalue weighted by Gasteiger charge is -2.24. The first-order chi connectivity index (χ1) is 9.51. The molecule has 1 rings (SSSR count). The summed E-state index contributed by atoms with van der Waals surface area (Å²) < 4.78 is 0. The van der Waals surface area contributed by atoms with Crippen LogP contribution in [0.2, 0.25) is 0 Å². The van der Waals surface area contributed by atoms with E-state index in [4.69, 9.17) is 5.73 Å². The molecule has 0 aliphatic carbocycles. The molecule has 20 heavy (non-hydrogen) atoms. The Morgan fingerprint density at radius 2 is 2.00 bits per heavy atom. The van der Waals surface area contributed by atoms with Crippen LogP contribution >= 0.6 is 0 Å². The van der Waals surface area contributed by atoms with Crippen molar-refractivity contribution in [3.8, 4) is 0 Å². The fourth-order valence-corrected chi connectivity index (χ4v) is 2.15. The van der Waals surface area contributed by atoms with Gasteiger partial charge in [0.1, 0.15) is 0 Å². The smallest absolute Gasteiger partial charge is 0.251 e. The van der Waals surface area contributed by atoms with Crippen molar-refractivity contribution in [2.75, 3.05) is 37.7 Å². The molecule has 0 fully saturated rings. The van der Waals surface area contributed by atoms with Crippen molar-refractivity contribution in [1.82, 2.24) is 10.2 Å². The third-order valence-corrected chi connectivity index (χ3v) is 3.37. The largest absolute Gasteiger partial charge is 0.397 e. The van der Waals surface area contributed by atoms with Crippen molar-refractivity contribution >= 4 is 17.3 Å². The molecular weight excluding hydrogens is 252 g/mol. The Balaban J connectivity index is 2.78. The van der Waals surface area contributed by atoms with E-state index in [1.165, 1.54) is 0 Å². The van der Waals surface area contributed by atoms with Gasteiger partial charge in [-0.25, -0.2) is 0 Å². The molecular formula is C15H26N4O. The molecule has 5 heteroatoms. The van der Waals surface area contributed by atoms with Gasteiger partial charge < -0.3 is 21.3 Å². The summed E-state index contributed by atoms with van der Waals surface area (Å²) in [5.74, 6) is -0.107. The Hall–Kier alpha value is -1.75. The van der Waals surface area contributed by atoms with Crippen LogP contribution in [0.4, 0.5) is 11.4 Å². The lowest BCUT2D eigenvalue weighted by molar-refractivity contribution is 0.0963. The SMILES string of the molecule is CCN(CC)CC(C)Nc1cc(C(=O)NC)ccc1N. The minimum atomic E-state index is -0.107. The van der Waals surface area contributed by atoms with Gasteiger partial charge in [-0.1, -0.05) is 13.8 Å². The van der Waals surface area contributed by atoms with Crippen LogP contribution in [0.15, 0.2) is 18.2 Å². The third kappa shape index (κ3) is 4.42. The number of nitrogens with zero attached hydrogens (tertiary/aromatic N) is 1. The van der Waals surface area contributed by atoms with Gasteiger partial charge in [0.05, 0.1) is 11.4 Å². The van der Waals surface area contributed by atoms with Crippen molar-refractivity contribution in [3.63, 3.8) is 0 Å². The summed E-state index contributed by atoms with van der Waals surface area (Å²) in [5.41, 5.74) is 8.05. The Morgan fingerprint density at radius 3 is 2.55 bits per heavy atom. The standard InChI is InChI=1S/C15H26N4O/c1-5-19(6-2)10-11(3)18-14-9-12(15(20)17-4)7-8-13(14)16/h7-9,11,18H,5-6,10,16H2,1-4H3,(H,17,20). The van der Waals surface area contributed by atoms with E-state index in [0.29, 0.717) is 11.3 Å². The van der Waals surface area contributed by atoms with Crippen molar-refractivity contribution in [1.29, 1.82) is 0 Å². The Labute approximate surface area is 121 Å². The maximum atomic E-state index is 11.6.